The summed E-state index contributed by atoms with van der Waals surface area (Å²) < 4.78 is 0. The van der Waals surface area contributed by atoms with Gasteiger partial charge in [-0.2, -0.15) is 0 Å². The molecule has 0 saturated heterocycles. The molecule has 0 aliphatic rings. The van der Waals surface area contributed by atoms with Gasteiger partial charge in [-0.25, -0.2) is 0 Å². The highest BCUT2D eigenvalue weighted by Crippen LogP contribution is 2.32. The van der Waals surface area contributed by atoms with Crippen molar-refractivity contribution in [1.29, 1.82) is 0 Å². The van der Waals surface area contributed by atoms with E-state index >= 15 is 0 Å². The van der Waals surface area contributed by atoms with E-state index in [2.05, 4.69) is 10.6 Å². The summed E-state index contributed by atoms with van der Waals surface area (Å²) >= 11 is 1.40. The average Bonchev–Trinajstić information content (AvgIpc) is 3.16. The van der Waals surface area contributed by atoms with Crippen molar-refractivity contribution in [3.05, 3.63) is 187 Å². The predicted octanol–water partition coefficient (Wildman–Crippen LogP) is 9.61. The van der Waals surface area contributed by atoms with Gasteiger partial charge in [-0.15, -0.1) is 11.8 Å². The van der Waals surface area contributed by atoms with E-state index in [0.29, 0.717) is 11.3 Å². The molecule has 6 rings (SSSR count). The van der Waals surface area contributed by atoms with Crippen LogP contribution in [0.4, 0.5) is 17.1 Å². The molecule has 0 saturated carbocycles. The molecule has 7 heteroatoms. The van der Waals surface area contributed by atoms with Gasteiger partial charge in [-0.3, -0.25) is 19.3 Å². The van der Waals surface area contributed by atoms with Crippen LogP contribution in [0.3, 0.4) is 0 Å². The summed E-state index contributed by atoms with van der Waals surface area (Å²) in [6, 6.07) is 53.0. The lowest BCUT2D eigenvalue weighted by Gasteiger charge is -2.26. The van der Waals surface area contributed by atoms with Gasteiger partial charge in [-0.05, 0) is 84.3 Å². The second-order valence-electron chi connectivity index (χ2n) is 11.5. The lowest BCUT2D eigenvalue weighted by atomic mass is 10.0. The number of thioether (sulfide) groups is 1. The Morgan fingerprint density at radius 2 is 1.16 bits per heavy atom. The van der Waals surface area contributed by atoms with Gasteiger partial charge in [-0.1, -0.05) is 115 Å². The lowest BCUT2D eigenvalue weighted by Crippen LogP contribution is -2.32. The first-order valence-electron chi connectivity index (χ1n) is 16.2. The van der Waals surface area contributed by atoms with Crippen LogP contribution >= 0.6 is 11.8 Å². The van der Waals surface area contributed by atoms with Gasteiger partial charge in [0.15, 0.2) is 0 Å². The minimum Gasteiger partial charge on any atom is -0.321 e. The number of anilines is 3. The summed E-state index contributed by atoms with van der Waals surface area (Å²) in [5.74, 6) is -0.952. The van der Waals surface area contributed by atoms with Crippen LogP contribution in [0.2, 0.25) is 0 Å². The van der Waals surface area contributed by atoms with E-state index in [1.807, 2.05) is 146 Å². The van der Waals surface area contributed by atoms with Gasteiger partial charge in [0.05, 0.1) is 5.25 Å². The highest BCUT2D eigenvalue weighted by molar-refractivity contribution is 8.00. The van der Waals surface area contributed by atoms with Crippen molar-refractivity contribution in [3.63, 3.8) is 0 Å². The molecular weight excluding hydrogens is 639 g/mol. The smallest absolute Gasteiger partial charge is 0.272 e. The normalized spacial score (nSPS) is 11.7. The molecule has 50 heavy (non-hydrogen) atoms. The molecular formula is C43H35N3O3S. The third kappa shape index (κ3) is 8.64. The molecule has 0 spiro atoms. The maximum absolute atomic E-state index is 13.9. The number of carbonyl (C=O) groups excluding carboxylic acids is 3. The van der Waals surface area contributed by atoms with Crippen molar-refractivity contribution >= 4 is 52.6 Å². The van der Waals surface area contributed by atoms with Crippen molar-refractivity contribution < 1.29 is 14.4 Å². The fraction of sp³-hybridized carbons (Fsp3) is 0.0465. The third-order valence-corrected chi connectivity index (χ3v) is 8.94. The fourth-order valence-corrected chi connectivity index (χ4v) is 6.32. The zero-order valence-corrected chi connectivity index (χ0v) is 28.2. The largest absolute Gasteiger partial charge is 0.321 e. The number of carbonyl (C=O) groups is 3. The van der Waals surface area contributed by atoms with E-state index in [1.165, 1.54) is 11.8 Å². The monoisotopic (exact) mass is 673 g/mol. The van der Waals surface area contributed by atoms with Crippen molar-refractivity contribution in [2.24, 2.45) is 0 Å². The number of nitrogens with one attached hydrogen (secondary N) is 2. The van der Waals surface area contributed by atoms with Crippen LogP contribution in [-0.2, 0) is 9.59 Å². The number of nitrogens with zero attached hydrogens (tertiary/aromatic N) is 1. The second-order valence-corrected chi connectivity index (χ2v) is 12.9. The van der Waals surface area contributed by atoms with Crippen molar-refractivity contribution in [2.75, 3.05) is 10.2 Å². The van der Waals surface area contributed by atoms with E-state index in [0.717, 1.165) is 33.0 Å². The molecule has 0 aromatic heterocycles. The lowest BCUT2D eigenvalue weighted by molar-refractivity contribution is -0.117. The zero-order chi connectivity index (χ0) is 34.7. The highest BCUT2D eigenvalue weighted by atomic mass is 32.2. The molecule has 2 N–H and O–H groups in total. The first-order valence-corrected chi connectivity index (χ1v) is 17.1. The van der Waals surface area contributed by atoms with Crippen molar-refractivity contribution in [2.45, 2.75) is 17.1 Å². The minimum absolute atomic E-state index is 0.0750. The summed E-state index contributed by atoms with van der Waals surface area (Å²) in [7, 11) is 0. The number of hydrogen-bond acceptors (Lipinski definition) is 4. The number of para-hydroxylation sites is 2. The van der Waals surface area contributed by atoms with Gasteiger partial charge < -0.3 is 10.6 Å². The molecule has 1 unspecified atom stereocenters. The fourth-order valence-electron chi connectivity index (χ4n) is 5.35. The molecule has 0 heterocycles. The molecule has 6 nitrogen and oxygen atoms in total. The van der Waals surface area contributed by atoms with Gasteiger partial charge in [0, 0.05) is 27.5 Å². The van der Waals surface area contributed by atoms with Crippen LogP contribution in [-0.4, -0.2) is 23.0 Å². The molecule has 0 aliphatic carbocycles. The van der Waals surface area contributed by atoms with E-state index in [4.69, 9.17) is 0 Å². The molecule has 0 bridgehead atoms. The molecule has 246 valence electrons. The molecule has 0 fully saturated rings. The first-order chi connectivity index (χ1) is 24.4. The number of amides is 3. The van der Waals surface area contributed by atoms with E-state index in [1.54, 1.807) is 41.3 Å². The van der Waals surface area contributed by atoms with Crippen molar-refractivity contribution in [3.8, 4) is 11.1 Å². The van der Waals surface area contributed by atoms with Crippen LogP contribution in [0, 0.1) is 0 Å². The van der Waals surface area contributed by atoms with Crippen LogP contribution in [0.15, 0.2) is 180 Å². The minimum atomic E-state index is -0.480. The summed E-state index contributed by atoms with van der Waals surface area (Å²) in [5.41, 5.74) is 5.49. The van der Waals surface area contributed by atoms with Gasteiger partial charge >= 0.3 is 0 Å². The Bertz CT molecular complexity index is 2050. The Balaban J connectivity index is 1.21. The van der Waals surface area contributed by atoms with Gasteiger partial charge in [0.2, 0.25) is 5.91 Å². The quantitative estimate of drug-likeness (QED) is 0.106. The number of rotatable bonds is 11. The van der Waals surface area contributed by atoms with E-state index < -0.39 is 17.1 Å². The predicted molar refractivity (Wildman–Crippen MR) is 204 cm³/mol. The van der Waals surface area contributed by atoms with Crippen molar-refractivity contribution in [1.82, 2.24) is 5.32 Å². The SMILES string of the molecule is CC(Sc1cccc(NC(=O)/C(=C\c2ccc(-c3ccccc3)cc2)NC(=O)c2ccccc2)c1)C(=O)N(c1ccccc1)c1ccccc1. The first kappa shape index (κ1) is 33.7. The average molecular weight is 674 g/mol. The zero-order valence-electron chi connectivity index (χ0n) is 27.4. The molecule has 0 aliphatic heterocycles. The maximum Gasteiger partial charge on any atom is 0.272 e. The molecule has 3 amide bonds. The Morgan fingerprint density at radius 3 is 1.76 bits per heavy atom. The van der Waals surface area contributed by atoms with Crippen LogP contribution < -0.4 is 15.5 Å². The Labute approximate surface area is 296 Å². The van der Waals surface area contributed by atoms with Gasteiger partial charge in [0.1, 0.15) is 5.70 Å². The maximum atomic E-state index is 13.9. The second kappa shape index (κ2) is 16.3. The summed E-state index contributed by atoms with van der Waals surface area (Å²) in [5, 5.41) is 5.31. The number of hydrogen-bond donors (Lipinski definition) is 2. The molecule has 1 atom stereocenters. The Morgan fingerprint density at radius 1 is 0.620 bits per heavy atom. The molecule has 6 aromatic carbocycles. The summed E-state index contributed by atoms with van der Waals surface area (Å²) in [4.78, 5) is 43.3. The van der Waals surface area contributed by atoms with E-state index in [-0.39, 0.29) is 11.6 Å². The Hall–Kier alpha value is -6.18. The van der Waals surface area contributed by atoms with Gasteiger partial charge in [0.25, 0.3) is 11.8 Å². The third-order valence-electron chi connectivity index (χ3n) is 7.86. The topological polar surface area (TPSA) is 78.5 Å². The summed E-state index contributed by atoms with van der Waals surface area (Å²) in [6.07, 6.45) is 1.66. The highest BCUT2D eigenvalue weighted by Gasteiger charge is 2.25. The molecule has 6 aromatic rings. The number of benzene rings is 6. The van der Waals surface area contributed by atoms with Crippen LogP contribution in [0.25, 0.3) is 17.2 Å². The van der Waals surface area contributed by atoms with Crippen LogP contribution in [0.5, 0.6) is 0 Å². The van der Waals surface area contributed by atoms with Crippen LogP contribution in [0.1, 0.15) is 22.8 Å². The molecule has 0 radical (unpaired) electrons. The standard InChI is InChI=1S/C43H35N3O3S/c1-31(43(49)46(37-20-10-4-11-21-37)38-22-12-5-13-23-38)50-39-24-14-19-36(30-39)44-42(48)40(45-41(47)35-17-8-3-9-18-35)29-32-25-27-34(28-26-32)33-15-6-2-7-16-33/h2-31H,1H3,(H,44,48)(H,45,47)/b40-29+. The summed E-state index contributed by atoms with van der Waals surface area (Å²) in [6.45, 7) is 1.88. The van der Waals surface area contributed by atoms with E-state index in [9.17, 15) is 14.4 Å². The Kier molecular flexibility index (Phi) is 11.0.